The van der Waals surface area contributed by atoms with Gasteiger partial charge in [0.25, 0.3) is 0 Å². The standard InChI is InChI=1S/C19H32F3NO3/c1-7-13-9-14(8-2)16(12(3)26-17(25)18(4,5)6)23(11-13)15(24)10-19(20,21)22/h12-14,16H,7-11H2,1-6H3/t12-,13?,14?,16?/m0/s1. The number of nitrogens with zero attached hydrogens (tertiary/aromatic N) is 1. The molecule has 0 N–H and O–H groups in total. The van der Waals surface area contributed by atoms with E-state index >= 15 is 0 Å². The fourth-order valence-corrected chi connectivity index (χ4v) is 3.59. The largest absolute Gasteiger partial charge is 0.460 e. The predicted octanol–water partition coefficient (Wildman–Crippen LogP) is 4.57. The van der Waals surface area contributed by atoms with Gasteiger partial charge in [-0.25, -0.2) is 0 Å². The van der Waals surface area contributed by atoms with Gasteiger partial charge in [0.1, 0.15) is 12.5 Å². The Balaban J connectivity index is 3.09. The van der Waals surface area contributed by atoms with E-state index in [0.717, 1.165) is 12.8 Å². The van der Waals surface area contributed by atoms with Gasteiger partial charge < -0.3 is 9.64 Å². The van der Waals surface area contributed by atoms with Crippen LogP contribution in [0.5, 0.6) is 0 Å². The minimum absolute atomic E-state index is 0.00801. The van der Waals surface area contributed by atoms with E-state index in [1.165, 1.54) is 4.90 Å². The van der Waals surface area contributed by atoms with E-state index in [1.807, 2.05) is 13.8 Å². The summed E-state index contributed by atoms with van der Waals surface area (Å²) in [5.41, 5.74) is -0.711. The summed E-state index contributed by atoms with van der Waals surface area (Å²) in [5, 5.41) is 0. The van der Waals surface area contributed by atoms with E-state index in [9.17, 15) is 22.8 Å². The van der Waals surface area contributed by atoms with Gasteiger partial charge in [0, 0.05) is 6.54 Å². The average Bonchev–Trinajstić information content (AvgIpc) is 2.50. The second-order valence-corrected chi connectivity index (χ2v) is 8.37. The number of likely N-dealkylation sites (tertiary alicyclic amines) is 1. The third-order valence-corrected chi connectivity index (χ3v) is 5.09. The van der Waals surface area contributed by atoms with E-state index < -0.39 is 42.0 Å². The number of esters is 1. The molecule has 0 aromatic heterocycles. The molecule has 26 heavy (non-hydrogen) atoms. The number of ether oxygens (including phenoxy) is 1. The normalized spacial score (nSPS) is 25.7. The Kier molecular flexibility index (Phi) is 7.54. The molecule has 0 saturated carbocycles. The summed E-state index contributed by atoms with van der Waals surface area (Å²) < 4.78 is 43.9. The molecule has 1 aliphatic rings. The molecule has 0 radical (unpaired) electrons. The van der Waals surface area contributed by atoms with Crippen molar-refractivity contribution in [3.63, 3.8) is 0 Å². The summed E-state index contributed by atoms with van der Waals surface area (Å²) in [7, 11) is 0. The lowest BCUT2D eigenvalue weighted by Crippen LogP contribution is -2.57. The summed E-state index contributed by atoms with van der Waals surface area (Å²) in [6.45, 7) is 11.1. The fourth-order valence-electron chi connectivity index (χ4n) is 3.59. The quantitative estimate of drug-likeness (QED) is 0.658. The Morgan fingerprint density at radius 1 is 1.15 bits per heavy atom. The van der Waals surface area contributed by atoms with E-state index in [0.29, 0.717) is 6.42 Å². The van der Waals surface area contributed by atoms with E-state index in [4.69, 9.17) is 4.74 Å². The molecule has 0 aliphatic carbocycles. The first-order chi connectivity index (χ1) is 11.8. The number of halogens is 3. The van der Waals surface area contributed by atoms with Crippen LogP contribution in [-0.4, -0.2) is 41.6 Å². The lowest BCUT2D eigenvalue weighted by Gasteiger charge is -2.47. The van der Waals surface area contributed by atoms with Gasteiger partial charge in [-0.2, -0.15) is 13.2 Å². The van der Waals surface area contributed by atoms with Gasteiger partial charge in [0.15, 0.2) is 0 Å². The van der Waals surface area contributed by atoms with Gasteiger partial charge in [0.05, 0.1) is 11.5 Å². The van der Waals surface area contributed by atoms with Crippen molar-refractivity contribution in [2.24, 2.45) is 17.3 Å². The first-order valence-corrected chi connectivity index (χ1v) is 9.37. The Labute approximate surface area is 154 Å². The van der Waals surface area contributed by atoms with Gasteiger partial charge in [-0.3, -0.25) is 9.59 Å². The highest BCUT2D eigenvalue weighted by molar-refractivity contribution is 5.78. The number of piperidine rings is 1. The highest BCUT2D eigenvalue weighted by Gasteiger charge is 2.44. The van der Waals surface area contributed by atoms with Crippen molar-refractivity contribution in [2.45, 2.75) is 85.5 Å². The van der Waals surface area contributed by atoms with Gasteiger partial charge in [0.2, 0.25) is 5.91 Å². The van der Waals surface area contributed by atoms with Crippen molar-refractivity contribution in [3.05, 3.63) is 0 Å². The average molecular weight is 379 g/mol. The third-order valence-electron chi connectivity index (χ3n) is 5.09. The Bertz CT molecular complexity index is 499. The minimum Gasteiger partial charge on any atom is -0.460 e. The van der Waals surface area contributed by atoms with Crippen LogP contribution in [0.2, 0.25) is 0 Å². The van der Waals surface area contributed by atoms with Crippen molar-refractivity contribution in [2.75, 3.05) is 6.54 Å². The molecule has 1 fully saturated rings. The molecule has 4 atom stereocenters. The summed E-state index contributed by atoms with van der Waals surface area (Å²) >= 11 is 0. The summed E-state index contributed by atoms with van der Waals surface area (Å²) in [6, 6.07) is -0.524. The van der Waals surface area contributed by atoms with E-state index in [2.05, 4.69) is 0 Å². The lowest BCUT2D eigenvalue weighted by molar-refractivity contribution is -0.176. The maximum absolute atomic E-state index is 12.8. The van der Waals surface area contributed by atoms with Gasteiger partial charge in [-0.05, 0) is 46.0 Å². The van der Waals surface area contributed by atoms with Crippen LogP contribution in [0.15, 0.2) is 0 Å². The molecule has 4 nitrogen and oxygen atoms in total. The van der Waals surface area contributed by atoms with Crippen LogP contribution in [0.4, 0.5) is 13.2 Å². The van der Waals surface area contributed by atoms with Crippen molar-refractivity contribution in [1.82, 2.24) is 4.90 Å². The number of carbonyl (C=O) groups excluding carboxylic acids is 2. The lowest BCUT2D eigenvalue weighted by atomic mass is 9.78. The van der Waals surface area contributed by atoms with Crippen LogP contribution in [0, 0.1) is 17.3 Å². The number of carbonyl (C=O) groups is 2. The zero-order chi connectivity index (χ0) is 20.3. The molecule has 152 valence electrons. The monoisotopic (exact) mass is 379 g/mol. The Hall–Kier alpha value is -1.27. The molecule has 0 bridgehead atoms. The molecular weight excluding hydrogens is 347 g/mol. The molecule has 0 aromatic rings. The number of amides is 1. The third kappa shape index (κ3) is 6.16. The minimum atomic E-state index is -4.55. The van der Waals surface area contributed by atoms with Crippen molar-refractivity contribution in [3.8, 4) is 0 Å². The maximum Gasteiger partial charge on any atom is 0.397 e. The Morgan fingerprint density at radius 2 is 1.73 bits per heavy atom. The summed E-state index contributed by atoms with van der Waals surface area (Å²) in [6.07, 6.45) is -4.33. The molecule has 0 aromatic carbocycles. The molecule has 7 heteroatoms. The molecule has 1 aliphatic heterocycles. The maximum atomic E-state index is 12.8. The number of hydrogen-bond acceptors (Lipinski definition) is 3. The van der Waals surface area contributed by atoms with Gasteiger partial charge >= 0.3 is 12.1 Å². The Morgan fingerprint density at radius 3 is 2.15 bits per heavy atom. The highest BCUT2D eigenvalue weighted by atomic mass is 19.4. The second kappa shape index (κ2) is 8.61. The molecule has 1 saturated heterocycles. The molecule has 1 amide bonds. The van der Waals surface area contributed by atoms with Crippen LogP contribution in [0.25, 0.3) is 0 Å². The predicted molar refractivity (Wildman–Crippen MR) is 93.4 cm³/mol. The van der Waals surface area contributed by atoms with Crippen LogP contribution in [-0.2, 0) is 14.3 Å². The topological polar surface area (TPSA) is 46.6 Å². The van der Waals surface area contributed by atoms with Crippen molar-refractivity contribution < 1.29 is 27.5 Å². The van der Waals surface area contributed by atoms with Crippen LogP contribution in [0.1, 0.15) is 67.2 Å². The van der Waals surface area contributed by atoms with Gasteiger partial charge in [-0.1, -0.05) is 26.7 Å². The molecule has 1 heterocycles. The zero-order valence-electron chi connectivity index (χ0n) is 16.7. The zero-order valence-corrected chi connectivity index (χ0v) is 16.7. The van der Waals surface area contributed by atoms with Crippen LogP contribution in [0.3, 0.4) is 0 Å². The van der Waals surface area contributed by atoms with Crippen molar-refractivity contribution in [1.29, 1.82) is 0 Å². The first kappa shape index (κ1) is 22.8. The number of rotatable bonds is 5. The first-order valence-electron chi connectivity index (χ1n) is 9.37. The molecule has 3 unspecified atom stereocenters. The van der Waals surface area contributed by atoms with Crippen LogP contribution < -0.4 is 0 Å². The van der Waals surface area contributed by atoms with E-state index in [1.54, 1.807) is 27.7 Å². The van der Waals surface area contributed by atoms with Crippen LogP contribution >= 0.6 is 0 Å². The molecule has 1 rings (SSSR count). The highest BCUT2D eigenvalue weighted by Crippen LogP contribution is 2.36. The number of alkyl halides is 3. The summed E-state index contributed by atoms with van der Waals surface area (Å²) in [5.74, 6) is -1.18. The summed E-state index contributed by atoms with van der Waals surface area (Å²) in [4.78, 5) is 26.0. The van der Waals surface area contributed by atoms with Crippen molar-refractivity contribution >= 4 is 11.9 Å². The van der Waals surface area contributed by atoms with E-state index in [-0.39, 0.29) is 18.4 Å². The smallest absolute Gasteiger partial charge is 0.397 e. The fraction of sp³-hybridized carbons (Fsp3) is 0.895. The number of hydrogen-bond donors (Lipinski definition) is 0. The second-order valence-electron chi connectivity index (χ2n) is 8.37. The molecule has 0 spiro atoms. The SMILES string of the molecule is CCC1CC(CC)C([C@H](C)OC(=O)C(C)(C)C)N(C(=O)CC(F)(F)F)C1. The van der Waals surface area contributed by atoms with Gasteiger partial charge in [-0.15, -0.1) is 0 Å². The molecular formula is C19H32F3NO3.